The van der Waals surface area contributed by atoms with E-state index in [0.717, 1.165) is 74.1 Å². The number of anilines is 4. The summed E-state index contributed by atoms with van der Waals surface area (Å²) in [6.45, 7) is 2.25. The van der Waals surface area contributed by atoms with Crippen LogP contribution in [0.1, 0.15) is 51.4 Å². The van der Waals surface area contributed by atoms with Crippen molar-refractivity contribution < 1.29 is 34.0 Å². The second-order valence-electron chi connectivity index (χ2n) is 14.3. The van der Waals surface area contributed by atoms with Crippen LogP contribution in [0.2, 0.25) is 20.1 Å². The molecule has 0 aliphatic rings. The minimum Gasteiger partial charge on any atom is -1.00 e. The van der Waals surface area contributed by atoms with Crippen molar-refractivity contribution in [1.82, 2.24) is 0 Å². The van der Waals surface area contributed by atoms with Crippen LogP contribution in [0.5, 0.6) is 0 Å². The van der Waals surface area contributed by atoms with Gasteiger partial charge in [0.1, 0.15) is 0 Å². The Kier molecular flexibility index (Phi) is 31.9. The Hall–Kier alpha value is -6.04. The van der Waals surface area contributed by atoms with Crippen LogP contribution in [0.15, 0.2) is 137 Å². The van der Waals surface area contributed by atoms with Crippen molar-refractivity contribution in [3.05, 3.63) is 117 Å². The molecule has 4 aromatic carbocycles. The van der Waals surface area contributed by atoms with Crippen molar-refractivity contribution in [2.75, 3.05) is 47.4 Å². The van der Waals surface area contributed by atoms with Crippen LogP contribution in [-0.2, 0) is 0 Å². The Balaban J connectivity index is 0.000000681. The first-order valence-corrected chi connectivity index (χ1v) is 22.8. The summed E-state index contributed by atoms with van der Waals surface area (Å²) in [4.78, 5) is 33.0. The molecule has 0 heterocycles. The fourth-order valence-corrected chi connectivity index (χ4v) is 5.90. The standard InChI is InChI=1S/2C22H30Cl2N10.2BrH/c2*23-15-5-9-17(10-6-15)31-21(27)33-19(25)29-13-3-1-2-4-14-30-20(26)34-22(28)32-18-11-7-16(24)8-12-18;;/h2*5-12H,1-4,13-14H2,(H5,25,27,29,31,33)(H5,26,28,30,32,34);2*1H/p-2. The topological polar surface area (TPSA) is 355 Å². The molecule has 0 saturated carbocycles. The molecule has 0 spiro atoms. The minimum absolute atomic E-state index is 0. The molecule has 380 valence electrons. The van der Waals surface area contributed by atoms with Crippen molar-refractivity contribution in [3.8, 4) is 0 Å². The third-order valence-corrected chi connectivity index (χ3v) is 9.64. The summed E-state index contributed by atoms with van der Waals surface area (Å²) >= 11 is 23.4. The summed E-state index contributed by atoms with van der Waals surface area (Å²) in [5, 5.41) is 14.2. The van der Waals surface area contributed by atoms with Crippen LogP contribution in [0.3, 0.4) is 0 Å². The number of rotatable bonds is 18. The number of benzene rings is 4. The van der Waals surface area contributed by atoms with Gasteiger partial charge in [-0.25, -0.2) is 0 Å². The lowest BCUT2D eigenvalue weighted by molar-refractivity contribution is -0.00100. The minimum atomic E-state index is 0. The molecule has 0 saturated heterocycles. The van der Waals surface area contributed by atoms with Crippen LogP contribution in [-0.4, -0.2) is 73.9 Å². The monoisotopic (exact) mass is 1170 g/mol. The summed E-state index contributed by atoms with van der Waals surface area (Å²) < 4.78 is 0. The van der Waals surface area contributed by atoms with Crippen molar-refractivity contribution in [3.63, 3.8) is 0 Å². The zero-order valence-corrected chi connectivity index (χ0v) is 44.4. The zero-order valence-electron chi connectivity index (χ0n) is 38.2. The summed E-state index contributed by atoms with van der Waals surface area (Å²) in [5.41, 5.74) is 49.5. The Morgan fingerprint density at radius 2 is 0.471 bits per heavy atom. The lowest BCUT2D eigenvalue weighted by Crippen LogP contribution is -3.00. The van der Waals surface area contributed by atoms with Crippen molar-refractivity contribution in [2.45, 2.75) is 51.4 Å². The molecule has 0 atom stereocenters. The van der Waals surface area contributed by atoms with Crippen LogP contribution >= 0.6 is 46.4 Å². The number of halogens is 6. The number of hydrogen-bond donors (Lipinski definition) is 12. The van der Waals surface area contributed by atoms with E-state index in [1.807, 2.05) is 0 Å². The molecule has 26 heteroatoms. The average molecular weight is 1170 g/mol. The van der Waals surface area contributed by atoms with E-state index in [4.69, 9.17) is 92.3 Å². The molecule has 0 radical (unpaired) electrons. The summed E-state index contributed by atoms with van der Waals surface area (Å²) in [5.74, 6) is 1.13. The van der Waals surface area contributed by atoms with Crippen LogP contribution in [0.25, 0.3) is 0 Å². The number of aliphatic imine (C=N–C) groups is 8. The molecule has 70 heavy (non-hydrogen) atoms. The lowest BCUT2D eigenvalue weighted by Gasteiger charge is -2.05. The lowest BCUT2D eigenvalue weighted by atomic mass is 10.2. The second-order valence-corrected chi connectivity index (χ2v) is 16.0. The van der Waals surface area contributed by atoms with Gasteiger partial charge in [0.05, 0.1) is 0 Å². The van der Waals surface area contributed by atoms with Gasteiger partial charge in [0, 0.05) is 69.0 Å². The Bertz CT molecular complexity index is 2040. The molecular formula is C44H60Br2Cl4N20-2. The molecule has 0 fully saturated rings. The van der Waals surface area contributed by atoms with Crippen LogP contribution in [0.4, 0.5) is 22.7 Å². The maximum Gasteiger partial charge on any atom is 0.218 e. The van der Waals surface area contributed by atoms with Crippen molar-refractivity contribution in [1.29, 1.82) is 0 Å². The van der Waals surface area contributed by atoms with Gasteiger partial charge in [-0.1, -0.05) is 72.1 Å². The van der Waals surface area contributed by atoms with Gasteiger partial charge in [-0.05, 0) is 123 Å². The van der Waals surface area contributed by atoms with E-state index in [1.54, 1.807) is 97.1 Å². The smallest absolute Gasteiger partial charge is 0.218 e. The molecule has 20 N–H and O–H groups in total. The highest BCUT2D eigenvalue weighted by Gasteiger charge is 2.02. The van der Waals surface area contributed by atoms with Crippen molar-refractivity contribution in [2.24, 2.45) is 85.8 Å². The van der Waals surface area contributed by atoms with E-state index in [0.29, 0.717) is 46.3 Å². The van der Waals surface area contributed by atoms with Gasteiger partial charge in [-0.2, -0.15) is 20.0 Å². The van der Waals surface area contributed by atoms with E-state index >= 15 is 0 Å². The number of nitrogens with one attached hydrogen (secondary N) is 4. The first kappa shape index (κ1) is 62.0. The van der Waals surface area contributed by atoms with Crippen molar-refractivity contribution >= 4 is 117 Å². The molecule has 4 rings (SSSR count). The molecule has 0 aliphatic carbocycles. The van der Waals surface area contributed by atoms with Gasteiger partial charge >= 0.3 is 0 Å². The van der Waals surface area contributed by atoms with E-state index in [1.165, 1.54) is 0 Å². The summed E-state index contributed by atoms with van der Waals surface area (Å²) in [6, 6.07) is 28.3. The fourth-order valence-electron chi connectivity index (χ4n) is 5.40. The van der Waals surface area contributed by atoms with Crippen LogP contribution in [0, 0.1) is 0 Å². The van der Waals surface area contributed by atoms with Gasteiger partial charge in [-0.15, -0.1) is 0 Å². The maximum absolute atomic E-state index is 5.85. The third kappa shape index (κ3) is 29.8. The first-order valence-electron chi connectivity index (χ1n) is 21.3. The Morgan fingerprint density at radius 1 is 0.300 bits per heavy atom. The summed E-state index contributed by atoms with van der Waals surface area (Å²) in [6.07, 6.45) is 7.37. The van der Waals surface area contributed by atoms with Gasteiger partial charge in [0.2, 0.25) is 47.7 Å². The SMILES string of the molecule is NC(=NCCCCCCN=C(N)/N=C(/N)Nc1ccc(Cl)cc1)/N=C(/N)Nc1ccc(Cl)cc1.NC(=NCCCCCCN=C(N)/N=C(/N)Nc1ccc(Cl)cc1)/N=C(/N)Nc1ccc(Cl)cc1.[Br-].[Br-]. The molecule has 0 amide bonds. The van der Waals surface area contributed by atoms with E-state index < -0.39 is 0 Å². The Labute approximate surface area is 449 Å². The average Bonchev–Trinajstić information content (AvgIpc) is 3.28. The predicted molar refractivity (Wildman–Crippen MR) is 290 cm³/mol. The molecule has 0 aliphatic heterocycles. The van der Waals surface area contributed by atoms with Gasteiger partial charge in [0.25, 0.3) is 0 Å². The highest BCUT2D eigenvalue weighted by Crippen LogP contribution is 2.16. The molecule has 4 aromatic rings. The number of guanidine groups is 8. The fraction of sp³-hybridized carbons (Fsp3) is 0.273. The van der Waals surface area contributed by atoms with Crippen LogP contribution < -0.4 is 101 Å². The second kappa shape index (κ2) is 36.0. The van der Waals surface area contributed by atoms with E-state index in [2.05, 4.69) is 61.2 Å². The number of nitrogens with two attached hydrogens (primary N) is 8. The highest BCUT2D eigenvalue weighted by atomic mass is 79.9. The maximum atomic E-state index is 5.85. The van der Waals surface area contributed by atoms with Gasteiger partial charge in [0.15, 0.2) is 0 Å². The van der Waals surface area contributed by atoms with E-state index in [9.17, 15) is 0 Å². The quantitative estimate of drug-likeness (QED) is 0.0372. The summed E-state index contributed by atoms with van der Waals surface area (Å²) in [7, 11) is 0. The normalized spacial score (nSPS) is 12.7. The van der Waals surface area contributed by atoms with E-state index in [-0.39, 0.29) is 81.6 Å². The first-order chi connectivity index (χ1) is 32.6. The predicted octanol–water partition coefficient (Wildman–Crippen LogP) is 0.681. The van der Waals surface area contributed by atoms with Gasteiger partial charge in [-0.3, -0.25) is 20.0 Å². The molecular weight excluding hydrogens is 1110 g/mol. The molecule has 0 bridgehead atoms. The molecule has 0 unspecified atom stereocenters. The van der Waals surface area contributed by atoms with Gasteiger partial charge < -0.3 is 101 Å². The molecule has 0 aromatic heterocycles. The number of hydrogen-bond acceptors (Lipinski definition) is 4. The number of unbranched alkanes of at least 4 members (excludes halogenated alkanes) is 6. The number of nitrogens with zero attached hydrogens (tertiary/aromatic N) is 8. The third-order valence-electron chi connectivity index (χ3n) is 8.63. The largest absolute Gasteiger partial charge is 1.00 e. The highest BCUT2D eigenvalue weighted by molar-refractivity contribution is 6.31. The molecule has 20 nitrogen and oxygen atoms in total. The Morgan fingerprint density at radius 3 is 0.643 bits per heavy atom. The zero-order chi connectivity index (χ0) is 49.5.